The van der Waals surface area contributed by atoms with Gasteiger partial charge in [0.25, 0.3) is 0 Å². The maximum Gasteiger partial charge on any atom is 0.330 e. The van der Waals surface area contributed by atoms with Gasteiger partial charge in [0.1, 0.15) is 0 Å². The molecular formula is C3H3HfN3O3. The van der Waals surface area contributed by atoms with Gasteiger partial charge in [0.15, 0.2) is 0 Å². The summed E-state index contributed by atoms with van der Waals surface area (Å²) in [6, 6.07) is 0. The second-order valence-electron chi connectivity index (χ2n) is 1.36. The average Bonchev–Trinajstić information content (AvgIpc) is 1.59. The molecule has 0 fully saturated rings. The third-order valence-corrected chi connectivity index (χ3v) is 0.681. The van der Waals surface area contributed by atoms with E-state index in [0.717, 1.165) is 0 Å². The fourth-order valence-corrected chi connectivity index (χ4v) is 0.403. The van der Waals surface area contributed by atoms with Crippen molar-refractivity contribution < 1.29 is 25.8 Å². The quantitative estimate of drug-likeness (QED) is 0.472. The van der Waals surface area contributed by atoms with Gasteiger partial charge in [-0.1, -0.05) is 0 Å². The summed E-state index contributed by atoms with van der Waals surface area (Å²) in [6.45, 7) is 0. The van der Waals surface area contributed by atoms with E-state index < -0.39 is 17.1 Å². The number of aromatic nitrogens is 3. The molecule has 0 amide bonds. The summed E-state index contributed by atoms with van der Waals surface area (Å²) in [6.07, 6.45) is 0. The van der Waals surface area contributed by atoms with Crippen molar-refractivity contribution in [3.05, 3.63) is 31.5 Å². The van der Waals surface area contributed by atoms with Crippen molar-refractivity contribution in [2.75, 3.05) is 0 Å². The Bertz CT molecular complexity index is 281. The van der Waals surface area contributed by atoms with Crippen molar-refractivity contribution in [3.8, 4) is 0 Å². The summed E-state index contributed by atoms with van der Waals surface area (Å²) in [5, 5.41) is 0. The Morgan fingerprint density at radius 1 is 0.700 bits per heavy atom. The van der Waals surface area contributed by atoms with Crippen LogP contribution in [-0.2, 0) is 25.8 Å². The van der Waals surface area contributed by atoms with Crippen molar-refractivity contribution in [3.63, 3.8) is 0 Å². The molecule has 1 heterocycles. The van der Waals surface area contributed by atoms with Crippen molar-refractivity contribution in [1.82, 2.24) is 15.0 Å². The van der Waals surface area contributed by atoms with Gasteiger partial charge in [-0.25, -0.2) is 14.4 Å². The first-order valence-corrected chi connectivity index (χ1v) is 2.11. The maximum absolute atomic E-state index is 10.2. The van der Waals surface area contributed by atoms with Crippen LogP contribution in [0.5, 0.6) is 0 Å². The molecule has 0 unspecified atom stereocenters. The Balaban J connectivity index is 0.000000810. The third kappa shape index (κ3) is 2.26. The van der Waals surface area contributed by atoms with E-state index in [-0.39, 0.29) is 25.8 Å². The monoisotopic (exact) mass is 309 g/mol. The predicted octanol–water partition coefficient (Wildman–Crippen LogP) is -2.25. The molecule has 0 saturated carbocycles. The average molecular weight is 308 g/mol. The predicted molar refractivity (Wildman–Crippen MR) is 28.3 cm³/mol. The normalized spacial score (nSPS) is 8.40. The van der Waals surface area contributed by atoms with Gasteiger partial charge in [-0.2, -0.15) is 0 Å². The molecule has 6 nitrogen and oxygen atoms in total. The SMILES string of the molecule is O=c1[nH]c(=O)[nH]c(=O)[nH]1.[Hf]. The van der Waals surface area contributed by atoms with Crippen molar-refractivity contribution in [2.45, 2.75) is 0 Å². The Hall–Kier alpha value is -0.720. The van der Waals surface area contributed by atoms with Gasteiger partial charge in [-0.05, 0) is 0 Å². The van der Waals surface area contributed by atoms with Crippen LogP contribution in [0.15, 0.2) is 14.4 Å². The molecule has 7 heteroatoms. The van der Waals surface area contributed by atoms with E-state index in [1.807, 2.05) is 0 Å². The summed E-state index contributed by atoms with van der Waals surface area (Å²) in [5.74, 6) is 0. The van der Waals surface area contributed by atoms with E-state index in [2.05, 4.69) is 0 Å². The molecule has 52 valence electrons. The molecule has 10 heavy (non-hydrogen) atoms. The number of hydrogen-bond donors (Lipinski definition) is 3. The van der Waals surface area contributed by atoms with E-state index in [1.54, 1.807) is 15.0 Å². The third-order valence-electron chi connectivity index (χ3n) is 0.681. The summed E-state index contributed by atoms with van der Waals surface area (Å²) in [5.41, 5.74) is -2.41. The molecule has 0 aliphatic heterocycles. The van der Waals surface area contributed by atoms with Gasteiger partial charge in [0.05, 0.1) is 0 Å². The van der Waals surface area contributed by atoms with Gasteiger partial charge in [0.2, 0.25) is 0 Å². The summed E-state index contributed by atoms with van der Waals surface area (Å²) >= 11 is 0. The molecule has 3 N–H and O–H groups in total. The van der Waals surface area contributed by atoms with E-state index in [4.69, 9.17) is 0 Å². The van der Waals surface area contributed by atoms with Crippen LogP contribution in [0.1, 0.15) is 0 Å². The minimum absolute atomic E-state index is 0. The van der Waals surface area contributed by atoms with Crippen molar-refractivity contribution in [2.24, 2.45) is 0 Å². The van der Waals surface area contributed by atoms with Crippen LogP contribution in [0.3, 0.4) is 0 Å². The van der Waals surface area contributed by atoms with Gasteiger partial charge in [-0.15, -0.1) is 0 Å². The first kappa shape index (κ1) is 9.28. The fraction of sp³-hybridized carbons (Fsp3) is 0. The molecule has 0 saturated heterocycles. The maximum atomic E-state index is 10.2. The first-order chi connectivity index (χ1) is 4.18. The minimum Gasteiger partial charge on any atom is -0.259 e. The van der Waals surface area contributed by atoms with Crippen LogP contribution < -0.4 is 17.1 Å². The van der Waals surface area contributed by atoms with Crippen LogP contribution in [0, 0.1) is 0 Å². The molecule has 1 rings (SSSR count). The number of rotatable bonds is 0. The largest absolute Gasteiger partial charge is 0.330 e. The first-order valence-electron chi connectivity index (χ1n) is 2.11. The zero-order chi connectivity index (χ0) is 6.85. The number of aromatic amines is 3. The molecule has 0 atom stereocenters. The number of hydrogen-bond acceptors (Lipinski definition) is 3. The number of H-pyrrole nitrogens is 3. The van der Waals surface area contributed by atoms with E-state index >= 15 is 0 Å². The molecule has 0 aliphatic carbocycles. The van der Waals surface area contributed by atoms with E-state index in [0.29, 0.717) is 0 Å². The second kappa shape index (κ2) is 3.45. The molecule has 0 bridgehead atoms. The Morgan fingerprint density at radius 2 is 0.900 bits per heavy atom. The molecule has 1 aromatic heterocycles. The summed E-state index contributed by atoms with van der Waals surface area (Å²) in [7, 11) is 0. The zero-order valence-electron chi connectivity index (χ0n) is 4.72. The molecule has 1 aromatic rings. The van der Waals surface area contributed by atoms with Crippen LogP contribution in [0.4, 0.5) is 0 Å². The smallest absolute Gasteiger partial charge is 0.259 e. The molecule has 0 spiro atoms. The number of nitrogens with one attached hydrogen (secondary N) is 3. The molecule has 0 aliphatic rings. The van der Waals surface area contributed by atoms with Crippen LogP contribution in [-0.4, -0.2) is 15.0 Å². The summed E-state index contributed by atoms with van der Waals surface area (Å²) < 4.78 is 0. The molecular weight excluding hydrogens is 305 g/mol. The van der Waals surface area contributed by atoms with E-state index in [9.17, 15) is 14.4 Å². The van der Waals surface area contributed by atoms with Crippen LogP contribution >= 0.6 is 0 Å². The van der Waals surface area contributed by atoms with E-state index in [1.165, 1.54) is 0 Å². The summed E-state index contributed by atoms with van der Waals surface area (Å²) in [4.78, 5) is 35.9. The van der Waals surface area contributed by atoms with Crippen LogP contribution in [0.25, 0.3) is 0 Å². The van der Waals surface area contributed by atoms with Crippen molar-refractivity contribution in [1.29, 1.82) is 0 Å². The van der Waals surface area contributed by atoms with Gasteiger partial charge in [-0.3, -0.25) is 15.0 Å². The topological polar surface area (TPSA) is 98.6 Å². The Kier molecular flexibility index (Phi) is 3.20. The Labute approximate surface area is 72.5 Å². The Morgan fingerprint density at radius 3 is 1.10 bits per heavy atom. The minimum atomic E-state index is -0.802. The fourth-order valence-electron chi connectivity index (χ4n) is 0.403. The standard InChI is InChI=1S/C3H3N3O3.Hf/c7-1-4-2(8)6-3(9)5-1;/h(H3,4,5,6,7,8,9);. The van der Waals surface area contributed by atoms with Gasteiger partial charge >= 0.3 is 17.1 Å². The van der Waals surface area contributed by atoms with Crippen LogP contribution in [0.2, 0.25) is 0 Å². The molecule has 0 radical (unpaired) electrons. The van der Waals surface area contributed by atoms with Crippen molar-refractivity contribution >= 4 is 0 Å². The van der Waals surface area contributed by atoms with Gasteiger partial charge < -0.3 is 0 Å². The van der Waals surface area contributed by atoms with Gasteiger partial charge in [0, 0.05) is 25.8 Å². The second-order valence-corrected chi connectivity index (χ2v) is 1.36. The molecule has 0 aromatic carbocycles. The zero-order valence-corrected chi connectivity index (χ0v) is 8.32.